The third-order valence-electron chi connectivity index (χ3n) is 1.78. The Balaban J connectivity index is 2.18. The molecule has 0 radical (unpaired) electrons. The van der Waals surface area contributed by atoms with Crippen LogP contribution in [0.3, 0.4) is 0 Å². The smallest absolute Gasteiger partial charge is 0.106 e. The molecule has 1 fully saturated rings. The molecule has 1 rings (SSSR count). The van der Waals surface area contributed by atoms with Gasteiger partial charge in [0, 0.05) is 6.21 Å². The Morgan fingerprint density at radius 3 is 2.67 bits per heavy atom. The Kier molecular flexibility index (Phi) is 2.55. The summed E-state index contributed by atoms with van der Waals surface area (Å²) in [6.07, 6.45) is 7.24. The molecule has 0 bridgehead atoms. The molecular weight excluding hydrogens is 114 g/mol. The van der Waals surface area contributed by atoms with E-state index in [2.05, 4.69) is 9.99 Å². The van der Waals surface area contributed by atoms with Crippen molar-refractivity contribution in [1.29, 1.82) is 0 Å². The van der Waals surface area contributed by atoms with Crippen molar-refractivity contribution in [1.82, 2.24) is 0 Å². The lowest BCUT2D eigenvalue weighted by Gasteiger charge is -1.96. The molecule has 52 valence electrons. The van der Waals surface area contributed by atoms with Crippen molar-refractivity contribution in [3.05, 3.63) is 0 Å². The van der Waals surface area contributed by atoms with E-state index in [0.717, 1.165) is 0 Å². The zero-order valence-electron chi connectivity index (χ0n) is 5.84. The Hall–Kier alpha value is -0.530. The first kappa shape index (κ1) is 6.59. The van der Waals surface area contributed by atoms with Crippen LogP contribution in [0.2, 0.25) is 0 Å². The molecule has 0 N–H and O–H groups in total. The molecule has 0 spiro atoms. The highest BCUT2D eigenvalue weighted by molar-refractivity contribution is 5.60. The summed E-state index contributed by atoms with van der Waals surface area (Å²) in [5, 5.41) is 3.73. The molecular formula is C7H13NO. The van der Waals surface area contributed by atoms with Gasteiger partial charge in [-0.15, -0.1) is 0 Å². The minimum atomic E-state index is 0.699. The van der Waals surface area contributed by atoms with Crippen molar-refractivity contribution >= 4 is 6.21 Å². The maximum atomic E-state index is 4.57. The SMILES string of the molecule is CON=CC1CCCC1. The van der Waals surface area contributed by atoms with E-state index in [9.17, 15) is 0 Å². The monoisotopic (exact) mass is 127 g/mol. The van der Waals surface area contributed by atoms with Crippen LogP contribution in [0.5, 0.6) is 0 Å². The van der Waals surface area contributed by atoms with Gasteiger partial charge in [0.2, 0.25) is 0 Å². The van der Waals surface area contributed by atoms with Gasteiger partial charge in [-0.1, -0.05) is 18.0 Å². The fourth-order valence-electron chi connectivity index (χ4n) is 1.25. The summed E-state index contributed by atoms with van der Waals surface area (Å²) in [7, 11) is 1.59. The van der Waals surface area contributed by atoms with Crippen LogP contribution in [-0.2, 0) is 4.84 Å². The van der Waals surface area contributed by atoms with Crippen molar-refractivity contribution in [3.8, 4) is 0 Å². The summed E-state index contributed by atoms with van der Waals surface area (Å²) >= 11 is 0. The molecule has 0 atom stereocenters. The number of oxime groups is 1. The minimum absolute atomic E-state index is 0.699. The Morgan fingerprint density at radius 2 is 2.11 bits per heavy atom. The van der Waals surface area contributed by atoms with E-state index in [-0.39, 0.29) is 0 Å². The van der Waals surface area contributed by atoms with Gasteiger partial charge in [-0.05, 0) is 18.8 Å². The topological polar surface area (TPSA) is 21.6 Å². The fraction of sp³-hybridized carbons (Fsp3) is 0.857. The zero-order chi connectivity index (χ0) is 6.53. The normalized spacial score (nSPS) is 21.4. The molecule has 0 heterocycles. The van der Waals surface area contributed by atoms with Gasteiger partial charge in [0.15, 0.2) is 0 Å². The van der Waals surface area contributed by atoms with Gasteiger partial charge >= 0.3 is 0 Å². The van der Waals surface area contributed by atoms with E-state index in [0.29, 0.717) is 5.92 Å². The van der Waals surface area contributed by atoms with Crippen LogP contribution in [0, 0.1) is 5.92 Å². The summed E-state index contributed by atoms with van der Waals surface area (Å²) < 4.78 is 0. The Labute approximate surface area is 55.9 Å². The first-order chi connectivity index (χ1) is 4.43. The molecule has 0 aliphatic heterocycles. The number of hydrogen-bond acceptors (Lipinski definition) is 2. The second-order valence-corrected chi connectivity index (χ2v) is 2.48. The fourth-order valence-corrected chi connectivity index (χ4v) is 1.25. The highest BCUT2D eigenvalue weighted by Crippen LogP contribution is 2.22. The maximum Gasteiger partial charge on any atom is 0.106 e. The lowest BCUT2D eigenvalue weighted by molar-refractivity contribution is 0.213. The van der Waals surface area contributed by atoms with Gasteiger partial charge in [-0.25, -0.2) is 0 Å². The highest BCUT2D eigenvalue weighted by atomic mass is 16.6. The molecule has 9 heavy (non-hydrogen) atoms. The first-order valence-corrected chi connectivity index (χ1v) is 3.50. The Morgan fingerprint density at radius 1 is 1.44 bits per heavy atom. The average molecular weight is 127 g/mol. The van der Waals surface area contributed by atoms with Crippen LogP contribution < -0.4 is 0 Å². The van der Waals surface area contributed by atoms with Gasteiger partial charge in [0.1, 0.15) is 7.11 Å². The van der Waals surface area contributed by atoms with Crippen molar-refractivity contribution in [2.24, 2.45) is 11.1 Å². The molecule has 0 aromatic rings. The Bertz CT molecular complexity index is 95.1. The van der Waals surface area contributed by atoms with Crippen molar-refractivity contribution in [3.63, 3.8) is 0 Å². The highest BCUT2D eigenvalue weighted by Gasteiger charge is 2.11. The number of nitrogens with zero attached hydrogens (tertiary/aromatic N) is 1. The molecule has 1 saturated carbocycles. The molecule has 2 heteroatoms. The van der Waals surface area contributed by atoms with E-state index >= 15 is 0 Å². The second-order valence-electron chi connectivity index (χ2n) is 2.48. The lowest BCUT2D eigenvalue weighted by atomic mass is 10.1. The van der Waals surface area contributed by atoms with E-state index in [1.165, 1.54) is 25.7 Å². The molecule has 0 unspecified atom stereocenters. The van der Waals surface area contributed by atoms with Crippen LogP contribution in [-0.4, -0.2) is 13.3 Å². The first-order valence-electron chi connectivity index (χ1n) is 3.50. The lowest BCUT2D eigenvalue weighted by Crippen LogP contribution is -1.93. The van der Waals surface area contributed by atoms with Crippen molar-refractivity contribution in [2.75, 3.05) is 7.11 Å². The summed E-state index contributed by atoms with van der Waals surface area (Å²) in [6.45, 7) is 0. The number of rotatable bonds is 2. The second kappa shape index (κ2) is 3.49. The standard InChI is InChI=1S/C7H13NO/c1-9-8-6-7-4-2-3-5-7/h6-7H,2-5H2,1H3. The van der Waals surface area contributed by atoms with Gasteiger partial charge in [0.05, 0.1) is 0 Å². The molecule has 0 aromatic heterocycles. The molecule has 1 aliphatic rings. The predicted molar refractivity (Wildman–Crippen MR) is 37.5 cm³/mol. The van der Waals surface area contributed by atoms with Crippen LogP contribution in [0.15, 0.2) is 5.16 Å². The van der Waals surface area contributed by atoms with Crippen LogP contribution in [0.25, 0.3) is 0 Å². The van der Waals surface area contributed by atoms with Crippen molar-refractivity contribution < 1.29 is 4.84 Å². The van der Waals surface area contributed by atoms with Crippen LogP contribution >= 0.6 is 0 Å². The number of hydrogen-bond donors (Lipinski definition) is 0. The summed E-state index contributed by atoms with van der Waals surface area (Å²) in [5.41, 5.74) is 0. The van der Waals surface area contributed by atoms with E-state index in [4.69, 9.17) is 0 Å². The van der Waals surface area contributed by atoms with Crippen molar-refractivity contribution in [2.45, 2.75) is 25.7 Å². The van der Waals surface area contributed by atoms with E-state index < -0.39 is 0 Å². The summed E-state index contributed by atoms with van der Waals surface area (Å²) in [4.78, 5) is 4.57. The van der Waals surface area contributed by atoms with Crippen LogP contribution in [0.1, 0.15) is 25.7 Å². The zero-order valence-corrected chi connectivity index (χ0v) is 5.84. The third-order valence-corrected chi connectivity index (χ3v) is 1.78. The molecule has 2 nitrogen and oxygen atoms in total. The molecule has 0 aromatic carbocycles. The average Bonchev–Trinajstić information content (AvgIpc) is 2.34. The maximum absolute atomic E-state index is 4.57. The largest absolute Gasteiger partial charge is 0.399 e. The van der Waals surface area contributed by atoms with Gasteiger partial charge in [-0.2, -0.15) is 0 Å². The quantitative estimate of drug-likeness (QED) is 0.409. The van der Waals surface area contributed by atoms with E-state index in [1.54, 1.807) is 7.11 Å². The minimum Gasteiger partial charge on any atom is -0.399 e. The van der Waals surface area contributed by atoms with Gasteiger partial charge in [0.25, 0.3) is 0 Å². The summed E-state index contributed by atoms with van der Waals surface area (Å²) in [6, 6.07) is 0. The van der Waals surface area contributed by atoms with Gasteiger partial charge < -0.3 is 4.84 Å². The molecule has 0 saturated heterocycles. The molecule has 1 aliphatic carbocycles. The summed E-state index contributed by atoms with van der Waals surface area (Å²) in [5.74, 6) is 0.699. The molecule has 0 amide bonds. The van der Waals surface area contributed by atoms with E-state index in [1.807, 2.05) is 6.21 Å². The van der Waals surface area contributed by atoms with Gasteiger partial charge in [-0.3, -0.25) is 0 Å². The van der Waals surface area contributed by atoms with Crippen LogP contribution in [0.4, 0.5) is 0 Å². The predicted octanol–water partition coefficient (Wildman–Crippen LogP) is 1.81. The third kappa shape index (κ3) is 2.04.